The van der Waals surface area contributed by atoms with Crippen LogP contribution in [0.5, 0.6) is 5.75 Å². The van der Waals surface area contributed by atoms with Crippen LogP contribution in [-0.4, -0.2) is 40.6 Å². The Morgan fingerprint density at radius 1 is 1.33 bits per heavy atom. The highest BCUT2D eigenvalue weighted by Gasteiger charge is 2.23. The van der Waals surface area contributed by atoms with Gasteiger partial charge >= 0.3 is 0 Å². The van der Waals surface area contributed by atoms with E-state index in [1.54, 1.807) is 13.3 Å². The molecule has 1 amide bonds. The van der Waals surface area contributed by atoms with E-state index in [0.29, 0.717) is 12.5 Å². The third-order valence-corrected chi connectivity index (χ3v) is 4.71. The molecule has 5 heteroatoms. The monoisotopic (exact) mass is 327 g/mol. The number of aryl methyl sites for hydroxylation is 1. The molecule has 0 radical (unpaired) electrons. The fraction of sp³-hybridized carbons (Fsp3) is 0.474. The molecular weight excluding hydrogens is 302 g/mol. The molecule has 1 fully saturated rings. The van der Waals surface area contributed by atoms with Crippen molar-refractivity contribution in [3.05, 3.63) is 48.5 Å². The van der Waals surface area contributed by atoms with Crippen molar-refractivity contribution in [2.24, 2.45) is 0 Å². The number of likely N-dealkylation sites (tertiary alicyclic amines) is 1. The number of imidazole rings is 1. The first kappa shape index (κ1) is 16.6. The standard InChI is InChI=1S/C19H25N3O2/c1-24-18-9-7-16(8-10-18)4-2-6-19(23)21-12-3-5-17(14-21)22-13-11-20-15-22/h7-11,13,15,17H,2-6,12,14H2,1H3/t17-/m0/s1. The highest BCUT2D eigenvalue weighted by molar-refractivity contribution is 5.76. The zero-order valence-corrected chi connectivity index (χ0v) is 14.2. The molecule has 1 aromatic heterocycles. The van der Waals surface area contributed by atoms with E-state index in [0.717, 1.165) is 44.5 Å². The van der Waals surface area contributed by atoms with Crippen molar-refractivity contribution < 1.29 is 9.53 Å². The number of carbonyl (C=O) groups is 1. The van der Waals surface area contributed by atoms with Crippen LogP contribution >= 0.6 is 0 Å². The Balaban J connectivity index is 1.45. The molecule has 0 spiro atoms. The van der Waals surface area contributed by atoms with Gasteiger partial charge in [-0.1, -0.05) is 12.1 Å². The van der Waals surface area contributed by atoms with Crippen LogP contribution in [0.15, 0.2) is 43.0 Å². The molecule has 5 nitrogen and oxygen atoms in total. The second-order valence-electron chi connectivity index (χ2n) is 6.35. The molecule has 1 aliphatic rings. The van der Waals surface area contributed by atoms with Crippen LogP contribution < -0.4 is 4.74 Å². The van der Waals surface area contributed by atoms with Gasteiger partial charge < -0.3 is 14.2 Å². The van der Waals surface area contributed by atoms with Crippen molar-refractivity contribution in [2.45, 2.75) is 38.1 Å². The Labute approximate surface area is 143 Å². The van der Waals surface area contributed by atoms with Crippen molar-refractivity contribution in [2.75, 3.05) is 20.2 Å². The maximum Gasteiger partial charge on any atom is 0.222 e. The van der Waals surface area contributed by atoms with Crippen molar-refractivity contribution in [1.29, 1.82) is 0 Å². The molecule has 1 atom stereocenters. The third kappa shape index (κ3) is 4.16. The Hall–Kier alpha value is -2.30. The quantitative estimate of drug-likeness (QED) is 0.819. The summed E-state index contributed by atoms with van der Waals surface area (Å²) >= 11 is 0. The van der Waals surface area contributed by atoms with Gasteiger partial charge in [-0.25, -0.2) is 4.98 Å². The first-order valence-electron chi connectivity index (χ1n) is 8.64. The van der Waals surface area contributed by atoms with Gasteiger partial charge in [-0.05, 0) is 43.4 Å². The van der Waals surface area contributed by atoms with E-state index in [9.17, 15) is 4.79 Å². The fourth-order valence-electron chi connectivity index (χ4n) is 3.30. The van der Waals surface area contributed by atoms with Gasteiger partial charge in [-0.15, -0.1) is 0 Å². The summed E-state index contributed by atoms with van der Waals surface area (Å²) in [7, 11) is 1.67. The summed E-state index contributed by atoms with van der Waals surface area (Å²) in [5, 5.41) is 0. The highest BCUT2D eigenvalue weighted by atomic mass is 16.5. The molecule has 1 aliphatic heterocycles. The zero-order valence-electron chi connectivity index (χ0n) is 14.2. The molecule has 3 rings (SSSR count). The van der Waals surface area contributed by atoms with Crippen LogP contribution in [-0.2, 0) is 11.2 Å². The van der Waals surface area contributed by atoms with Crippen LogP contribution in [0.25, 0.3) is 0 Å². The maximum absolute atomic E-state index is 12.5. The van der Waals surface area contributed by atoms with Gasteiger partial charge in [0.25, 0.3) is 0 Å². The van der Waals surface area contributed by atoms with E-state index in [-0.39, 0.29) is 5.91 Å². The molecule has 0 N–H and O–H groups in total. The minimum atomic E-state index is 0.272. The van der Waals surface area contributed by atoms with Crippen LogP contribution in [0.1, 0.15) is 37.3 Å². The summed E-state index contributed by atoms with van der Waals surface area (Å²) in [5.74, 6) is 1.14. The molecule has 128 valence electrons. The van der Waals surface area contributed by atoms with Crippen molar-refractivity contribution in [1.82, 2.24) is 14.5 Å². The van der Waals surface area contributed by atoms with E-state index in [1.807, 2.05) is 29.6 Å². The topological polar surface area (TPSA) is 47.4 Å². The number of amides is 1. The van der Waals surface area contributed by atoms with Gasteiger partial charge in [-0.3, -0.25) is 4.79 Å². The minimum absolute atomic E-state index is 0.272. The lowest BCUT2D eigenvalue weighted by Gasteiger charge is -2.33. The molecule has 2 aromatic rings. The largest absolute Gasteiger partial charge is 0.497 e. The minimum Gasteiger partial charge on any atom is -0.497 e. The van der Waals surface area contributed by atoms with Crippen molar-refractivity contribution >= 4 is 5.91 Å². The van der Waals surface area contributed by atoms with E-state index in [2.05, 4.69) is 21.7 Å². The number of aromatic nitrogens is 2. The van der Waals surface area contributed by atoms with Gasteiger partial charge in [0.2, 0.25) is 5.91 Å². The Morgan fingerprint density at radius 3 is 2.88 bits per heavy atom. The Bertz CT molecular complexity index is 637. The SMILES string of the molecule is COc1ccc(CCCC(=O)N2CCC[C@H](n3ccnc3)C2)cc1. The molecule has 0 bridgehead atoms. The molecular formula is C19H25N3O2. The number of hydrogen-bond donors (Lipinski definition) is 0. The summed E-state index contributed by atoms with van der Waals surface area (Å²) in [6, 6.07) is 8.44. The van der Waals surface area contributed by atoms with E-state index < -0.39 is 0 Å². The molecule has 1 saturated heterocycles. The van der Waals surface area contributed by atoms with Gasteiger partial charge in [0.1, 0.15) is 5.75 Å². The number of methoxy groups -OCH3 is 1. The number of ether oxygens (including phenoxy) is 1. The Kier molecular flexibility index (Phi) is 5.51. The summed E-state index contributed by atoms with van der Waals surface area (Å²) in [6.07, 6.45) is 10.2. The highest BCUT2D eigenvalue weighted by Crippen LogP contribution is 2.22. The number of rotatable bonds is 6. The van der Waals surface area contributed by atoms with E-state index in [4.69, 9.17) is 4.74 Å². The van der Waals surface area contributed by atoms with Gasteiger partial charge in [-0.2, -0.15) is 0 Å². The van der Waals surface area contributed by atoms with E-state index >= 15 is 0 Å². The van der Waals surface area contributed by atoms with Gasteiger partial charge in [0.15, 0.2) is 0 Å². The number of hydrogen-bond acceptors (Lipinski definition) is 3. The van der Waals surface area contributed by atoms with Crippen LogP contribution in [0, 0.1) is 0 Å². The number of benzene rings is 1. The Morgan fingerprint density at radius 2 is 2.17 bits per heavy atom. The number of piperidine rings is 1. The first-order chi connectivity index (χ1) is 11.8. The lowest BCUT2D eigenvalue weighted by molar-refractivity contribution is -0.132. The maximum atomic E-state index is 12.5. The van der Waals surface area contributed by atoms with Crippen LogP contribution in [0.3, 0.4) is 0 Å². The molecule has 0 unspecified atom stereocenters. The lowest BCUT2D eigenvalue weighted by atomic mass is 10.0. The van der Waals surface area contributed by atoms with Crippen molar-refractivity contribution in [3.8, 4) is 5.75 Å². The second-order valence-corrected chi connectivity index (χ2v) is 6.35. The predicted molar refractivity (Wildman–Crippen MR) is 93.0 cm³/mol. The summed E-state index contributed by atoms with van der Waals surface area (Å²) in [6.45, 7) is 1.68. The number of nitrogens with zero attached hydrogens (tertiary/aromatic N) is 3. The smallest absolute Gasteiger partial charge is 0.222 e. The first-order valence-corrected chi connectivity index (χ1v) is 8.64. The van der Waals surface area contributed by atoms with Crippen molar-refractivity contribution in [3.63, 3.8) is 0 Å². The summed E-state index contributed by atoms with van der Waals surface area (Å²) in [4.78, 5) is 18.6. The summed E-state index contributed by atoms with van der Waals surface area (Å²) in [5.41, 5.74) is 1.25. The second kappa shape index (κ2) is 7.99. The zero-order chi connectivity index (χ0) is 16.8. The predicted octanol–water partition coefficient (Wildman–Crippen LogP) is 3.08. The van der Waals surface area contributed by atoms with Gasteiger partial charge in [0.05, 0.1) is 19.5 Å². The van der Waals surface area contributed by atoms with E-state index in [1.165, 1.54) is 5.56 Å². The van der Waals surface area contributed by atoms with Gasteiger partial charge in [0, 0.05) is 31.9 Å². The average molecular weight is 327 g/mol. The lowest BCUT2D eigenvalue weighted by Crippen LogP contribution is -2.40. The molecule has 2 heterocycles. The molecule has 0 aliphatic carbocycles. The average Bonchev–Trinajstić information content (AvgIpc) is 3.17. The van der Waals surface area contributed by atoms with Crippen LogP contribution in [0.2, 0.25) is 0 Å². The van der Waals surface area contributed by atoms with Crippen LogP contribution in [0.4, 0.5) is 0 Å². The molecule has 0 saturated carbocycles. The molecule has 1 aromatic carbocycles. The molecule has 24 heavy (non-hydrogen) atoms. The summed E-state index contributed by atoms with van der Waals surface area (Å²) < 4.78 is 7.29. The number of carbonyl (C=O) groups excluding carboxylic acids is 1. The fourth-order valence-corrected chi connectivity index (χ4v) is 3.30. The third-order valence-electron chi connectivity index (χ3n) is 4.71. The normalized spacial score (nSPS) is 17.7.